The fraction of sp³-hybridized carbons (Fsp3) is 0.565. The van der Waals surface area contributed by atoms with E-state index in [2.05, 4.69) is 53.1 Å². The molecule has 2 heterocycles. The van der Waals surface area contributed by atoms with E-state index in [9.17, 15) is 0 Å². The molecule has 0 saturated heterocycles. The second-order valence-electron chi connectivity index (χ2n) is 7.38. The molecule has 0 aliphatic heterocycles. The second kappa shape index (κ2) is 14.9. The van der Waals surface area contributed by atoms with Crippen molar-refractivity contribution in [3.63, 3.8) is 0 Å². The molecule has 0 bridgehead atoms. The lowest BCUT2D eigenvalue weighted by molar-refractivity contribution is -0.698. The Hall–Kier alpha value is -1.22. The number of aryl methyl sites for hydroxylation is 2. The summed E-state index contributed by atoms with van der Waals surface area (Å²) in [6.45, 7) is 3.56. The first-order chi connectivity index (χ1) is 12.3. The van der Waals surface area contributed by atoms with Gasteiger partial charge in [-0.2, -0.15) is 0 Å². The van der Waals surface area contributed by atoms with E-state index >= 15 is 0 Å². The molecule has 144 valence electrons. The molecule has 0 spiro atoms. The number of aromatic nitrogens is 2. The van der Waals surface area contributed by atoms with Crippen molar-refractivity contribution in [2.24, 2.45) is 5.92 Å². The van der Waals surface area contributed by atoms with Gasteiger partial charge in [0.25, 0.3) is 0 Å². The van der Waals surface area contributed by atoms with Crippen LogP contribution in [0.1, 0.15) is 70.3 Å². The van der Waals surface area contributed by atoms with Crippen LogP contribution in [0.25, 0.3) is 0 Å². The average molecular weight is 419 g/mol. The molecule has 2 aromatic rings. The topological polar surface area (TPSA) is 16.8 Å². The van der Waals surface area contributed by atoms with Crippen molar-refractivity contribution in [2.75, 3.05) is 0 Å². The highest BCUT2D eigenvalue weighted by Gasteiger charge is 2.06. The quantitative estimate of drug-likeness (QED) is 0.361. The van der Waals surface area contributed by atoms with Gasteiger partial charge in [-0.05, 0) is 30.4 Å². The predicted octanol–water partition coefficient (Wildman–Crippen LogP) is 2.76. The Bertz CT molecular complexity index is 545. The number of pyridine rings is 2. The molecular weight excluding hydrogens is 384 g/mol. The average Bonchev–Trinajstić information content (AvgIpc) is 2.66. The third kappa shape index (κ3) is 10.7. The molecular formula is C23H35BrN2. The number of rotatable bonds is 13. The van der Waals surface area contributed by atoms with E-state index in [0.29, 0.717) is 0 Å². The van der Waals surface area contributed by atoms with Gasteiger partial charge in [0.15, 0.2) is 12.4 Å². The highest BCUT2D eigenvalue weighted by molar-refractivity contribution is 5.08. The minimum Gasteiger partial charge on any atom is -1.00 e. The number of nitrogens with zero attached hydrogens (tertiary/aromatic N) is 2. The van der Waals surface area contributed by atoms with Crippen LogP contribution in [0.2, 0.25) is 0 Å². The molecule has 0 aromatic carbocycles. The number of halogens is 1. The van der Waals surface area contributed by atoms with E-state index in [1.807, 2.05) is 18.5 Å². The van der Waals surface area contributed by atoms with Crippen molar-refractivity contribution >= 4 is 0 Å². The monoisotopic (exact) mass is 418 g/mol. The van der Waals surface area contributed by atoms with Gasteiger partial charge in [0.05, 0.1) is 0 Å². The first-order valence-electron chi connectivity index (χ1n) is 10.2. The highest BCUT2D eigenvalue weighted by Crippen LogP contribution is 2.15. The van der Waals surface area contributed by atoms with Crippen LogP contribution in [0, 0.1) is 5.92 Å². The fourth-order valence-electron chi connectivity index (χ4n) is 3.35. The summed E-state index contributed by atoms with van der Waals surface area (Å²) in [7, 11) is 0. The molecule has 2 aromatic heterocycles. The molecule has 0 saturated carbocycles. The minimum atomic E-state index is 0. The largest absolute Gasteiger partial charge is 1.00 e. The minimum absolute atomic E-state index is 0. The van der Waals surface area contributed by atoms with Crippen LogP contribution in [0.15, 0.2) is 55.1 Å². The summed E-state index contributed by atoms with van der Waals surface area (Å²) in [6, 6.07) is 10.5. The van der Waals surface area contributed by atoms with Gasteiger partial charge in [0.1, 0.15) is 6.54 Å². The first-order valence-corrected chi connectivity index (χ1v) is 10.2. The molecule has 0 N–H and O–H groups in total. The van der Waals surface area contributed by atoms with Crippen LogP contribution >= 0.6 is 0 Å². The van der Waals surface area contributed by atoms with Gasteiger partial charge in [-0.15, -0.1) is 0 Å². The molecule has 26 heavy (non-hydrogen) atoms. The van der Waals surface area contributed by atoms with Crippen LogP contribution in [-0.4, -0.2) is 4.98 Å². The smallest absolute Gasteiger partial charge is 0.168 e. The highest BCUT2D eigenvalue weighted by atomic mass is 79.9. The Balaban J connectivity index is 0.00000338. The molecule has 3 heteroatoms. The van der Waals surface area contributed by atoms with Crippen LogP contribution < -0.4 is 21.5 Å². The van der Waals surface area contributed by atoms with Gasteiger partial charge in [-0.3, -0.25) is 4.98 Å². The standard InChI is InChI=1S/C23H35N2.BrH/c1-22(16-20-25-18-10-7-11-19-25)13-8-5-3-2-4-6-9-14-23-15-12-17-24-21-23;/h7,10-12,15,17-19,21-22H,2-6,8-9,13-14,16,20H2,1H3;1H/q+1;/p-1. The van der Waals surface area contributed by atoms with Crippen molar-refractivity contribution in [3.8, 4) is 0 Å². The van der Waals surface area contributed by atoms with Crippen molar-refractivity contribution in [3.05, 3.63) is 60.7 Å². The predicted molar refractivity (Wildman–Crippen MR) is 105 cm³/mol. The van der Waals surface area contributed by atoms with Crippen molar-refractivity contribution < 1.29 is 21.5 Å². The van der Waals surface area contributed by atoms with Crippen molar-refractivity contribution in [2.45, 2.75) is 77.7 Å². The van der Waals surface area contributed by atoms with Gasteiger partial charge < -0.3 is 17.0 Å². The Kier molecular flexibility index (Phi) is 13.1. The summed E-state index contributed by atoms with van der Waals surface area (Å²) >= 11 is 0. The van der Waals surface area contributed by atoms with Crippen LogP contribution in [0.3, 0.4) is 0 Å². The lowest BCUT2D eigenvalue weighted by Gasteiger charge is -2.09. The molecule has 0 amide bonds. The molecule has 2 nitrogen and oxygen atoms in total. The zero-order valence-electron chi connectivity index (χ0n) is 16.3. The van der Waals surface area contributed by atoms with E-state index in [1.165, 1.54) is 69.8 Å². The third-order valence-corrected chi connectivity index (χ3v) is 5.04. The maximum atomic E-state index is 4.18. The molecule has 2 rings (SSSR count). The van der Waals surface area contributed by atoms with Gasteiger partial charge in [0, 0.05) is 30.9 Å². The maximum Gasteiger partial charge on any atom is 0.168 e. The third-order valence-electron chi connectivity index (χ3n) is 5.04. The maximum absolute atomic E-state index is 4.18. The van der Waals surface area contributed by atoms with Crippen molar-refractivity contribution in [1.82, 2.24) is 4.98 Å². The van der Waals surface area contributed by atoms with Crippen LogP contribution in [0.5, 0.6) is 0 Å². The fourth-order valence-corrected chi connectivity index (χ4v) is 3.35. The molecule has 1 atom stereocenters. The Morgan fingerprint density at radius 1 is 0.846 bits per heavy atom. The second-order valence-corrected chi connectivity index (χ2v) is 7.38. The molecule has 1 unspecified atom stereocenters. The summed E-state index contributed by atoms with van der Waals surface area (Å²) in [6.07, 6.45) is 21.7. The lowest BCUT2D eigenvalue weighted by Crippen LogP contribution is -3.00. The van der Waals surface area contributed by atoms with E-state index < -0.39 is 0 Å². The Morgan fingerprint density at radius 2 is 1.54 bits per heavy atom. The molecule has 0 fully saturated rings. The summed E-state index contributed by atoms with van der Waals surface area (Å²) in [5.74, 6) is 0.840. The number of hydrogen-bond acceptors (Lipinski definition) is 1. The Morgan fingerprint density at radius 3 is 2.23 bits per heavy atom. The number of hydrogen-bond donors (Lipinski definition) is 0. The van der Waals surface area contributed by atoms with Gasteiger partial charge in [-0.1, -0.05) is 64.0 Å². The summed E-state index contributed by atoms with van der Waals surface area (Å²) in [5, 5.41) is 0. The van der Waals surface area contributed by atoms with Crippen LogP contribution in [0.4, 0.5) is 0 Å². The molecule has 0 radical (unpaired) electrons. The van der Waals surface area contributed by atoms with Crippen LogP contribution in [-0.2, 0) is 13.0 Å². The Labute approximate surface area is 170 Å². The van der Waals surface area contributed by atoms with E-state index in [0.717, 1.165) is 12.5 Å². The normalized spacial score (nSPS) is 11.7. The molecule has 0 aliphatic rings. The van der Waals surface area contributed by atoms with E-state index in [-0.39, 0.29) is 17.0 Å². The summed E-state index contributed by atoms with van der Waals surface area (Å²) in [4.78, 5) is 4.18. The summed E-state index contributed by atoms with van der Waals surface area (Å²) in [5.41, 5.74) is 1.38. The van der Waals surface area contributed by atoms with Gasteiger partial charge in [-0.25, -0.2) is 4.57 Å². The molecule has 0 aliphatic carbocycles. The van der Waals surface area contributed by atoms with E-state index in [1.54, 1.807) is 0 Å². The first kappa shape index (κ1) is 22.8. The number of unbranched alkanes of at least 4 members (excludes halogenated alkanes) is 6. The zero-order chi connectivity index (χ0) is 17.6. The van der Waals surface area contributed by atoms with Crippen molar-refractivity contribution in [1.29, 1.82) is 0 Å². The van der Waals surface area contributed by atoms with Gasteiger partial charge >= 0.3 is 0 Å². The zero-order valence-corrected chi connectivity index (χ0v) is 17.9. The summed E-state index contributed by atoms with van der Waals surface area (Å²) < 4.78 is 2.29. The van der Waals surface area contributed by atoms with E-state index in [4.69, 9.17) is 0 Å². The lowest BCUT2D eigenvalue weighted by atomic mass is 9.98. The van der Waals surface area contributed by atoms with Gasteiger partial charge in [0.2, 0.25) is 0 Å². The SMILES string of the molecule is CC(CCCCCCCCCc1cccnc1)CC[n+]1ccccc1.[Br-].